The molecule has 1 aromatic carbocycles. The Morgan fingerprint density at radius 1 is 1.00 bits per heavy atom. The molecular formula is C22H28N2O4S. The van der Waals surface area contributed by atoms with Crippen molar-refractivity contribution >= 4 is 23.3 Å². The molecule has 1 aromatic heterocycles. The van der Waals surface area contributed by atoms with E-state index in [-0.39, 0.29) is 5.91 Å². The van der Waals surface area contributed by atoms with Gasteiger partial charge in [0.05, 0.1) is 21.3 Å². The van der Waals surface area contributed by atoms with Crippen molar-refractivity contribution in [1.29, 1.82) is 0 Å². The number of piperazine rings is 1. The molecule has 1 aliphatic rings. The molecule has 2 aromatic rings. The van der Waals surface area contributed by atoms with E-state index in [0.717, 1.165) is 30.1 Å². The van der Waals surface area contributed by atoms with Crippen LogP contribution in [0.2, 0.25) is 0 Å². The first-order valence-electron chi connectivity index (χ1n) is 9.59. The Hall–Kier alpha value is -2.51. The number of nitrogens with zero attached hydrogens (tertiary/aromatic N) is 2. The summed E-state index contributed by atoms with van der Waals surface area (Å²) in [7, 11) is 4.86. The fraction of sp³-hybridized carbons (Fsp3) is 0.409. The lowest BCUT2D eigenvalue weighted by molar-refractivity contribution is -0.127. The van der Waals surface area contributed by atoms with Gasteiger partial charge in [0.25, 0.3) is 0 Å². The second-order valence-electron chi connectivity index (χ2n) is 6.88. The number of aryl methyl sites for hydroxylation is 1. The van der Waals surface area contributed by atoms with Crippen molar-refractivity contribution in [3.05, 3.63) is 45.7 Å². The van der Waals surface area contributed by atoms with E-state index in [2.05, 4.69) is 17.9 Å². The maximum Gasteiger partial charge on any atom is 0.246 e. The number of carbonyl (C=O) groups excluding carboxylic acids is 1. The minimum atomic E-state index is 0.0689. The molecule has 1 amide bonds. The van der Waals surface area contributed by atoms with E-state index in [1.54, 1.807) is 38.7 Å². The summed E-state index contributed by atoms with van der Waals surface area (Å²) in [5.41, 5.74) is 1.04. The van der Waals surface area contributed by atoms with E-state index in [1.165, 1.54) is 4.88 Å². The molecule has 0 spiro atoms. The number of rotatable bonds is 7. The zero-order valence-electron chi connectivity index (χ0n) is 17.4. The number of hydrogen-bond acceptors (Lipinski definition) is 6. The van der Waals surface area contributed by atoms with Gasteiger partial charge in [-0.15, -0.1) is 11.3 Å². The van der Waals surface area contributed by atoms with Crippen molar-refractivity contribution in [3.8, 4) is 17.2 Å². The first-order chi connectivity index (χ1) is 14.0. The largest absolute Gasteiger partial charge is 0.493 e. The van der Waals surface area contributed by atoms with Crippen LogP contribution in [0.1, 0.15) is 15.3 Å². The van der Waals surface area contributed by atoms with Gasteiger partial charge in [-0.05, 0) is 31.2 Å². The molecule has 6 nitrogen and oxygen atoms in total. The van der Waals surface area contributed by atoms with Gasteiger partial charge < -0.3 is 19.1 Å². The Labute approximate surface area is 176 Å². The molecule has 0 radical (unpaired) electrons. The van der Waals surface area contributed by atoms with Crippen LogP contribution >= 0.6 is 11.3 Å². The number of carbonyl (C=O) groups is 1. The maximum absolute atomic E-state index is 12.5. The first-order valence-corrected chi connectivity index (χ1v) is 10.4. The monoisotopic (exact) mass is 416 g/mol. The summed E-state index contributed by atoms with van der Waals surface area (Å²) in [5, 5.41) is 0. The minimum Gasteiger partial charge on any atom is -0.493 e. The lowest BCUT2D eigenvalue weighted by Crippen LogP contribution is -2.47. The summed E-state index contributed by atoms with van der Waals surface area (Å²) < 4.78 is 16.4. The highest BCUT2D eigenvalue weighted by molar-refractivity contribution is 7.12. The topological polar surface area (TPSA) is 51.2 Å². The van der Waals surface area contributed by atoms with Gasteiger partial charge in [-0.1, -0.05) is 6.07 Å². The Kier molecular flexibility index (Phi) is 7.17. The van der Waals surface area contributed by atoms with Crippen molar-refractivity contribution < 1.29 is 19.0 Å². The van der Waals surface area contributed by atoms with E-state index in [1.807, 2.05) is 29.2 Å². The number of methoxy groups -OCH3 is 3. The maximum atomic E-state index is 12.5. The standard InChI is InChI=1S/C22H28N2O4S/c1-16-5-7-18(29-16)8-10-20(25)24-13-11-23(12-14-24)15-17-6-9-19(26-2)22(28-4)21(17)27-3/h5-10H,11-15H2,1-4H3/b10-8+. The van der Waals surface area contributed by atoms with Crippen LogP contribution in [-0.2, 0) is 11.3 Å². The predicted molar refractivity (Wildman–Crippen MR) is 116 cm³/mol. The van der Waals surface area contributed by atoms with E-state index in [0.29, 0.717) is 30.3 Å². The highest BCUT2D eigenvalue weighted by Gasteiger charge is 2.22. The molecule has 7 heteroatoms. The quantitative estimate of drug-likeness (QED) is 0.647. The van der Waals surface area contributed by atoms with E-state index < -0.39 is 0 Å². The Bertz CT molecular complexity index is 870. The summed E-state index contributed by atoms with van der Waals surface area (Å²) in [6.45, 7) is 5.85. The van der Waals surface area contributed by atoms with Crippen molar-refractivity contribution in [1.82, 2.24) is 9.80 Å². The molecule has 0 aliphatic carbocycles. The van der Waals surface area contributed by atoms with E-state index >= 15 is 0 Å². The SMILES string of the molecule is COc1ccc(CN2CCN(C(=O)/C=C/c3ccc(C)s3)CC2)c(OC)c1OC. The number of thiophene rings is 1. The van der Waals surface area contributed by atoms with E-state index in [9.17, 15) is 4.79 Å². The van der Waals surface area contributed by atoms with Gasteiger partial charge >= 0.3 is 0 Å². The zero-order chi connectivity index (χ0) is 20.8. The predicted octanol–water partition coefficient (Wildman–Crippen LogP) is 3.44. The molecule has 2 heterocycles. The second kappa shape index (κ2) is 9.80. The molecule has 0 saturated carbocycles. The molecule has 0 unspecified atom stereocenters. The summed E-state index contributed by atoms with van der Waals surface area (Å²) in [6.07, 6.45) is 3.58. The zero-order valence-corrected chi connectivity index (χ0v) is 18.3. The van der Waals surface area contributed by atoms with Gasteiger partial charge in [0.15, 0.2) is 11.5 Å². The molecule has 156 valence electrons. The summed E-state index contributed by atoms with van der Waals surface area (Å²) >= 11 is 1.69. The molecule has 0 N–H and O–H groups in total. The van der Waals surface area contributed by atoms with Crippen molar-refractivity contribution in [2.24, 2.45) is 0 Å². The first kappa shape index (κ1) is 21.2. The van der Waals surface area contributed by atoms with E-state index in [4.69, 9.17) is 14.2 Å². The number of ether oxygens (including phenoxy) is 3. The fourth-order valence-electron chi connectivity index (χ4n) is 3.46. The smallest absolute Gasteiger partial charge is 0.246 e. The second-order valence-corrected chi connectivity index (χ2v) is 8.20. The molecule has 0 atom stereocenters. The van der Waals surface area contributed by atoms with Gasteiger partial charge in [-0.25, -0.2) is 0 Å². The van der Waals surface area contributed by atoms with Gasteiger partial charge in [0, 0.05) is 54.1 Å². The Morgan fingerprint density at radius 2 is 1.72 bits per heavy atom. The Morgan fingerprint density at radius 3 is 2.31 bits per heavy atom. The van der Waals surface area contributed by atoms with Crippen LogP contribution in [-0.4, -0.2) is 63.2 Å². The highest BCUT2D eigenvalue weighted by Crippen LogP contribution is 2.40. The molecule has 29 heavy (non-hydrogen) atoms. The molecule has 1 aliphatic heterocycles. The fourth-order valence-corrected chi connectivity index (χ4v) is 4.24. The van der Waals surface area contributed by atoms with Gasteiger partial charge in [0.1, 0.15) is 0 Å². The van der Waals surface area contributed by atoms with Crippen molar-refractivity contribution in [2.45, 2.75) is 13.5 Å². The van der Waals surface area contributed by atoms with Gasteiger partial charge in [-0.3, -0.25) is 9.69 Å². The van der Waals surface area contributed by atoms with Crippen LogP contribution in [0.15, 0.2) is 30.3 Å². The third-order valence-corrected chi connectivity index (χ3v) is 5.98. The molecule has 1 saturated heterocycles. The summed E-state index contributed by atoms with van der Waals surface area (Å²) in [4.78, 5) is 19.0. The van der Waals surface area contributed by atoms with Gasteiger partial charge in [0.2, 0.25) is 11.7 Å². The minimum absolute atomic E-state index is 0.0689. The number of benzene rings is 1. The third kappa shape index (κ3) is 5.10. The average molecular weight is 417 g/mol. The molecule has 1 fully saturated rings. The number of hydrogen-bond donors (Lipinski definition) is 0. The summed E-state index contributed by atoms with van der Waals surface area (Å²) in [5.74, 6) is 2.02. The van der Waals surface area contributed by atoms with Crippen LogP contribution in [0.4, 0.5) is 0 Å². The average Bonchev–Trinajstić information content (AvgIpc) is 3.17. The number of amides is 1. The lowest BCUT2D eigenvalue weighted by Gasteiger charge is -2.34. The lowest BCUT2D eigenvalue weighted by atomic mass is 10.1. The van der Waals surface area contributed by atoms with Crippen LogP contribution in [0.3, 0.4) is 0 Å². The van der Waals surface area contributed by atoms with Crippen molar-refractivity contribution in [3.63, 3.8) is 0 Å². The normalized spacial score (nSPS) is 15.0. The van der Waals surface area contributed by atoms with Crippen LogP contribution < -0.4 is 14.2 Å². The molecule has 3 rings (SSSR count). The highest BCUT2D eigenvalue weighted by atomic mass is 32.1. The summed E-state index contributed by atoms with van der Waals surface area (Å²) in [6, 6.07) is 8.01. The molecule has 0 bridgehead atoms. The third-order valence-electron chi connectivity index (χ3n) is 5.01. The van der Waals surface area contributed by atoms with Crippen molar-refractivity contribution in [2.75, 3.05) is 47.5 Å². The molecular weight excluding hydrogens is 388 g/mol. The van der Waals surface area contributed by atoms with Gasteiger partial charge in [-0.2, -0.15) is 0 Å². The van der Waals surface area contributed by atoms with Crippen LogP contribution in [0, 0.1) is 6.92 Å². The Balaban J connectivity index is 1.58. The van der Waals surface area contributed by atoms with Crippen LogP contribution in [0.25, 0.3) is 6.08 Å². The van der Waals surface area contributed by atoms with Crippen LogP contribution in [0.5, 0.6) is 17.2 Å².